The smallest absolute Gasteiger partial charge is 0.269 e. The zero-order chi connectivity index (χ0) is 20.2. The Kier molecular flexibility index (Phi) is 5.49. The fraction of sp³-hybridized carbons (Fsp3) is 0.167. The van der Waals surface area contributed by atoms with Crippen molar-refractivity contribution in [2.45, 2.75) is 12.8 Å². The molecule has 4 rings (SSSR count). The van der Waals surface area contributed by atoms with Crippen LogP contribution >= 0.6 is 23.1 Å². The molecule has 1 aliphatic heterocycles. The van der Waals surface area contributed by atoms with Gasteiger partial charge in [-0.25, -0.2) is 9.98 Å². The molecule has 2 aromatic heterocycles. The first kappa shape index (κ1) is 19.0. The highest BCUT2D eigenvalue weighted by molar-refractivity contribution is 7.13. The monoisotopic (exact) mass is 426 g/mol. The summed E-state index contributed by atoms with van der Waals surface area (Å²) in [5, 5.41) is 7.77. The number of aromatic nitrogens is 3. The summed E-state index contributed by atoms with van der Waals surface area (Å²) in [6.07, 6.45) is 4.73. The van der Waals surface area contributed by atoms with Gasteiger partial charge in [0.15, 0.2) is 5.13 Å². The van der Waals surface area contributed by atoms with Crippen LogP contribution in [0.15, 0.2) is 40.7 Å². The number of aryl methyl sites for hydroxylation is 1. The van der Waals surface area contributed by atoms with E-state index in [4.69, 9.17) is 0 Å². The minimum absolute atomic E-state index is 0.155. The predicted octanol–water partition coefficient (Wildman–Crippen LogP) is 2.44. The van der Waals surface area contributed by atoms with E-state index in [0.717, 1.165) is 17.2 Å². The van der Waals surface area contributed by atoms with E-state index >= 15 is 0 Å². The number of carbonyl (C=O) groups is 3. The molecule has 146 valence electrons. The number of nitrogens with zero attached hydrogens (tertiary/aromatic N) is 4. The molecular weight excluding hydrogens is 412 g/mol. The molecular formula is C18H14N6O3S2. The lowest BCUT2D eigenvalue weighted by Crippen LogP contribution is -2.24. The number of hydrogen-bond donors (Lipinski definition) is 2. The third-order valence-corrected chi connectivity index (χ3v) is 5.41. The van der Waals surface area contributed by atoms with E-state index in [1.165, 1.54) is 29.7 Å². The van der Waals surface area contributed by atoms with E-state index in [1.807, 2.05) is 12.1 Å². The van der Waals surface area contributed by atoms with E-state index in [9.17, 15) is 14.4 Å². The number of aliphatic imine (C=N–C) groups is 1. The minimum Gasteiger partial charge on any atom is -0.324 e. The lowest BCUT2D eigenvalue weighted by molar-refractivity contribution is -0.117. The fourth-order valence-electron chi connectivity index (χ4n) is 2.62. The molecule has 0 bridgehead atoms. The molecule has 1 unspecified atom stereocenters. The highest BCUT2D eigenvalue weighted by Crippen LogP contribution is 2.22. The summed E-state index contributed by atoms with van der Waals surface area (Å²) >= 11 is 2.37. The van der Waals surface area contributed by atoms with Gasteiger partial charge in [-0.15, -0.1) is 11.3 Å². The topological polar surface area (TPSA) is 126 Å². The molecule has 1 aromatic carbocycles. The highest BCUT2D eigenvalue weighted by Gasteiger charge is 2.18. The van der Waals surface area contributed by atoms with Crippen LogP contribution < -0.4 is 10.6 Å². The standard InChI is InChI=1S/C18H14N6O3S2/c25-14-6-4-10(8-19-14)17(27)22-18-20-11(9-28-18)5-7-15(26)21-12-2-1-3-13-16(12)24-29-23-13/h1-4,6,8-10H,5,7H2,(H,21,26)(H,20,22,27). The zero-order valence-electron chi connectivity index (χ0n) is 14.9. The van der Waals surface area contributed by atoms with Crippen molar-refractivity contribution in [2.24, 2.45) is 10.9 Å². The summed E-state index contributed by atoms with van der Waals surface area (Å²) in [6, 6.07) is 5.44. The Morgan fingerprint density at radius 3 is 2.90 bits per heavy atom. The van der Waals surface area contributed by atoms with Crippen molar-refractivity contribution in [2.75, 3.05) is 10.6 Å². The molecule has 0 fully saturated rings. The largest absolute Gasteiger partial charge is 0.324 e. The van der Waals surface area contributed by atoms with Gasteiger partial charge in [-0.3, -0.25) is 14.4 Å². The van der Waals surface area contributed by atoms with Gasteiger partial charge < -0.3 is 10.6 Å². The minimum atomic E-state index is -0.603. The summed E-state index contributed by atoms with van der Waals surface area (Å²) in [5.74, 6) is -1.46. The van der Waals surface area contributed by atoms with Gasteiger partial charge in [0.2, 0.25) is 11.8 Å². The normalized spacial score (nSPS) is 15.6. The molecule has 0 saturated carbocycles. The number of rotatable bonds is 6. The number of amides is 3. The first-order chi connectivity index (χ1) is 14.1. The summed E-state index contributed by atoms with van der Waals surface area (Å²) in [5.41, 5.74) is 2.76. The Labute approximate surface area is 172 Å². The van der Waals surface area contributed by atoms with E-state index < -0.39 is 5.92 Å². The third-order valence-electron chi connectivity index (χ3n) is 4.06. The lowest BCUT2D eigenvalue weighted by atomic mass is 10.1. The molecule has 3 heterocycles. The SMILES string of the molecule is O=C1C=CC(C(=O)Nc2nc(CCC(=O)Nc3cccc4nsnc34)cs2)C=N1. The number of benzene rings is 1. The van der Waals surface area contributed by atoms with Crippen molar-refractivity contribution < 1.29 is 14.4 Å². The van der Waals surface area contributed by atoms with Gasteiger partial charge in [0.05, 0.1) is 29.0 Å². The van der Waals surface area contributed by atoms with Crippen LogP contribution in [-0.4, -0.2) is 37.7 Å². The van der Waals surface area contributed by atoms with Crippen molar-refractivity contribution in [3.8, 4) is 0 Å². The Bertz CT molecular complexity index is 1130. The first-order valence-corrected chi connectivity index (χ1v) is 10.2. The molecule has 3 amide bonds. The van der Waals surface area contributed by atoms with Gasteiger partial charge >= 0.3 is 0 Å². The number of dihydropyridines is 1. The van der Waals surface area contributed by atoms with E-state index in [0.29, 0.717) is 28.5 Å². The van der Waals surface area contributed by atoms with Gasteiger partial charge in [-0.2, -0.15) is 8.75 Å². The number of carbonyl (C=O) groups excluding carboxylic acids is 3. The molecule has 0 radical (unpaired) electrons. The quantitative estimate of drug-likeness (QED) is 0.623. The van der Waals surface area contributed by atoms with Crippen LogP contribution in [0.4, 0.5) is 10.8 Å². The molecule has 0 aliphatic carbocycles. The highest BCUT2D eigenvalue weighted by atomic mass is 32.1. The van der Waals surface area contributed by atoms with Crippen LogP contribution in [0.25, 0.3) is 11.0 Å². The van der Waals surface area contributed by atoms with Gasteiger partial charge in [0.1, 0.15) is 11.0 Å². The average Bonchev–Trinajstić information content (AvgIpc) is 3.37. The second kappa shape index (κ2) is 8.37. The van der Waals surface area contributed by atoms with Gasteiger partial charge in [0.25, 0.3) is 5.91 Å². The third kappa shape index (κ3) is 4.58. The zero-order valence-corrected chi connectivity index (χ0v) is 16.5. The van der Waals surface area contributed by atoms with Crippen molar-refractivity contribution in [1.82, 2.24) is 13.7 Å². The van der Waals surface area contributed by atoms with Crippen LogP contribution in [0.5, 0.6) is 0 Å². The fourth-order valence-corrected chi connectivity index (χ4v) is 3.91. The van der Waals surface area contributed by atoms with E-state index in [1.54, 1.807) is 11.4 Å². The van der Waals surface area contributed by atoms with Gasteiger partial charge in [0, 0.05) is 24.1 Å². The van der Waals surface area contributed by atoms with Crippen molar-refractivity contribution in [3.05, 3.63) is 41.4 Å². The summed E-state index contributed by atoms with van der Waals surface area (Å²) in [4.78, 5) is 43.4. The number of hydrogen-bond acceptors (Lipinski definition) is 8. The average molecular weight is 426 g/mol. The number of thiazole rings is 1. The maximum Gasteiger partial charge on any atom is 0.269 e. The second-order valence-corrected chi connectivity index (χ2v) is 7.51. The Hall–Kier alpha value is -3.31. The maximum atomic E-state index is 12.3. The van der Waals surface area contributed by atoms with E-state index in [-0.39, 0.29) is 24.1 Å². The summed E-state index contributed by atoms with van der Waals surface area (Å²) in [7, 11) is 0. The van der Waals surface area contributed by atoms with Crippen LogP contribution in [0.1, 0.15) is 12.1 Å². The molecule has 3 aromatic rings. The molecule has 29 heavy (non-hydrogen) atoms. The Morgan fingerprint density at radius 2 is 2.07 bits per heavy atom. The van der Waals surface area contributed by atoms with Gasteiger partial charge in [-0.1, -0.05) is 12.1 Å². The Balaban J connectivity index is 1.30. The molecule has 2 N–H and O–H groups in total. The maximum absolute atomic E-state index is 12.3. The summed E-state index contributed by atoms with van der Waals surface area (Å²) in [6.45, 7) is 0. The number of nitrogens with one attached hydrogen (secondary N) is 2. The number of fused-ring (bicyclic) bond motifs is 1. The van der Waals surface area contributed by atoms with Crippen LogP contribution in [-0.2, 0) is 20.8 Å². The molecule has 11 heteroatoms. The van der Waals surface area contributed by atoms with Crippen LogP contribution in [0, 0.1) is 5.92 Å². The molecule has 1 atom stereocenters. The predicted molar refractivity (Wildman–Crippen MR) is 111 cm³/mol. The van der Waals surface area contributed by atoms with Crippen LogP contribution in [0.2, 0.25) is 0 Å². The first-order valence-electron chi connectivity index (χ1n) is 8.61. The lowest BCUT2D eigenvalue weighted by Gasteiger charge is -2.08. The summed E-state index contributed by atoms with van der Waals surface area (Å²) < 4.78 is 8.35. The molecule has 9 nitrogen and oxygen atoms in total. The number of anilines is 2. The molecule has 0 saturated heterocycles. The van der Waals surface area contributed by atoms with E-state index in [2.05, 4.69) is 29.4 Å². The van der Waals surface area contributed by atoms with Crippen molar-refractivity contribution in [1.29, 1.82) is 0 Å². The van der Waals surface area contributed by atoms with Crippen LogP contribution in [0.3, 0.4) is 0 Å². The second-order valence-electron chi connectivity index (χ2n) is 6.12. The molecule has 1 aliphatic rings. The van der Waals surface area contributed by atoms with Crippen molar-refractivity contribution in [3.63, 3.8) is 0 Å². The van der Waals surface area contributed by atoms with Crippen molar-refractivity contribution >= 4 is 68.9 Å². The Morgan fingerprint density at radius 1 is 1.17 bits per heavy atom. The van der Waals surface area contributed by atoms with Gasteiger partial charge in [-0.05, 0) is 18.6 Å². The molecule has 0 spiro atoms.